The number of nitrogens with one attached hydrogen (secondary N) is 3. The molecular formula is C41H36N6O4. The Bertz CT molecular complexity index is 2190. The summed E-state index contributed by atoms with van der Waals surface area (Å²) >= 11 is 0. The number of amides is 2. The highest BCUT2D eigenvalue weighted by Gasteiger charge is 2.24. The van der Waals surface area contributed by atoms with Crippen molar-refractivity contribution in [2.24, 2.45) is 0 Å². The molecule has 0 aliphatic heterocycles. The van der Waals surface area contributed by atoms with Gasteiger partial charge in [-0.2, -0.15) is 0 Å². The van der Waals surface area contributed by atoms with E-state index in [0.29, 0.717) is 34.6 Å². The van der Waals surface area contributed by atoms with E-state index in [2.05, 4.69) is 79.1 Å². The number of carbonyl (C=O) groups excluding carboxylic acids is 2. The molecule has 4 aromatic heterocycles. The molecule has 4 heterocycles. The lowest BCUT2D eigenvalue weighted by molar-refractivity contribution is 0.101. The zero-order valence-electron chi connectivity index (χ0n) is 28.0. The molecule has 0 unspecified atom stereocenters. The van der Waals surface area contributed by atoms with E-state index in [1.807, 2.05) is 18.2 Å². The van der Waals surface area contributed by atoms with Gasteiger partial charge in [-0.25, -0.2) is 15.0 Å². The number of carbonyl (C=O) groups is 2. The van der Waals surface area contributed by atoms with Crippen LogP contribution in [0, 0.1) is 0 Å². The van der Waals surface area contributed by atoms with Gasteiger partial charge < -0.3 is 20.4 Å². The van der Waals surface area contributed by atoms with Crippen LogP contribution in [0.25, 0.3) is 22.3 Å². The van der Waals surface area contributed by atoms with Crippen molar-refractivity contribution in [2.45, 2.75) is 37.5 Å². The average molecular weight is 677 g/mol. The SMILES string of the molecule is COc1ccc(C(=O)Nc2ccc(-c3cccc(C4CC4)c3)cn2)cn1.O=C(Nc1ccc(-c2cccc(C3CC3)c2)cn1)c1ccc(=O)[nH]c1. The highest BCUT2D eigenvalue weighted by Crippen LogP contribution is 2.42. The second-order valence-corrected chi connectivity index (χ2v) is 12.6. The summed E-state index contributed by atoms with van der Waals surface area (Å²) in [5.74, 6) is 2.32. The first kappa shape index (κ1) is 33.1. The molecule has 0 saturated heterocycles. The molecule has 254 valence electrons. The molecule has 0 spiro atoms. The third-order valence-corrected chi connectivity index (χ3v) is 8.80. The first-order valence-corrected chi connectivity index (χ1v) is 16.9. The van der Waals surface area contributed by atoms with Crippen LogP contribution in [0.1, 0.15) is 69.4 Å². The highest BCUT2D eigenvalue weighted by molar-refractivity contribution is 6.04. The quantitative estimate of drug-likeness (QED) is 0.142. The fraction of sp³-hybridized carbons (Fsp3) is 0.171. The summed E-state index contributed by atoms with van der Waals surface area (Å²) < 4.78 is 4.99. The summed E-state index contributed by atoms with van der Waals surface area (Å²) in [4.78, 5) is 50.7. The van der Waals surface area contributed by atoms with Gasteiger partial charge in [-0.1, -0.05) is 48.5 Å². The van der Waals surface area contributed by atoms with Crippen LogP contribution < -0.4 is 20.9 Å². The molecule has 2 fully saturated rings. The molecule has 3 N–H and O–H groups in total. The van der Waals surface area contributed by atoms with Crippen molar-refractivity contribution in [2.75, 3.05) is 17.7 Å². The van der Waals surface area contributed by atoms with E-state index >= 15 is 0 Å². The van der Waals surface area contributed by atoms with E-state index in [1.165, 1.54) is 68.4 Å². The fourth-order valence-electron chi connectivity index (χ4n) is 5.62. The Morgan fingerprint density at radius 3 is 1.61 bits per heavy atom. The average Bonchev–Trinajstić information content (AvgIpc) is 4.11. The number of H-pyrrole nitrogens is 1. The van der Waals surface area contributed by atoms with Crippen LogP contribution in [-0.4, -0.2) is 38.9 Å². The standard InChI is InChI=1S/C21H19N3O2.C20H17N3O2/c1-26-20-10-8-18(13-23-20)21(25)24-19-9-7-17(12-22-19)16-4-2-3-15(11-16)14-5-6-14;24-19-9-7-17(12-22-19)20(25)23-18-8-6-16(11-21-18)15-3-1-2-14(10-15)13-4-5-13/h2-4,7-14H,5-6H2,1H3,(H,22,24,25);1-3,6-13H,4-5H2,(H,22,24)(H,21,23,25). The Morgan fingerprint density at radius 2 is 1.18 bits per heavy atom. The number of pyridine rings is 4. The number of hydrogen-bond donors (Lipinski definition) is 3. The maximum atomic E-state index is 12.3. The molecule has 2 aromatic carbocycles. The third kappa shape index (κ3) is 8.60. The molecule has 10 heteroatoms. The number of aromatic amines is 1. The third-order valence-electron chi connectivity index (χ3n) is 8.80. The zero-order chi connectivity index (χ0) is 35.2. The van der Waals surface area contributed by atoms with Crippen LogP contribution in [0.4, 0.5) is 11.6 Å². The summed E-state index contributed by atoms with van der Waals surface area (Å²) in [6.45, 7) is 0. The summed E-state index contributed by atoms with van der Waals surface area (Å²) in [7, 11) is 1.54. The van der Waals surface area contributed by atoms with Crippen molar-refractivity contribution in [1.29, 1.82) is 0 Å². The molecular weight excluding hydrogens is 640 g/mol. The summed E-state index contributed by atoms with van der Waals surface area (Å²) in [6, 6.07) is 30.8. The van der Waals surface area contributed by atoms with Crippen molar-refractivity contribution in [3.8, 4) is 28.1 Å². The number of ether oxygens (including phenoxy) is 1. The van der Waals surface area contributed by atoms with Gasteiger partial charge in [-0.15, -0.1) is 0 Å². The van der Waals surface area contributed by atoms with E-state index < -0.39 is 0 Å². The van der Waals surface area contributed by atoms with E-state index in [9.17, 15) is 14.4 Å². The Hall–Kier alpha value is -6.42. The van der Waals surface area contributed by atoms with Crippen LogP contribution in [0.3, 0.4) is 0 Å². The zero-order valence-corrected chi connectivity index (χ0v) is 28.0. The van der Waals surface area contributed by atoms with Gasteiger partial charge in [0.1, 0.15) is 11.6 Å². The van der Waals surface area contributed by atoms with Gasteiger partial charge in [0, 0.05) is 48.0 Å². The Morgan fingerprint density at radius 1 is 0.627 bits per heavy atom. The smallest absolute Gasteiger partial charge is 0.258 e. The van der Waals surface area contributed by atoms with Crippen LogP contribution >= 0.6 is 0 Å². The van der Waals surface area contributed by atoms with Crippen molar-refractivity contribution in [3.63, 3.8) is 0 Å². The molecule has 6 aromatic rings. The van der Waals surface area contributed by atoms with Crippen molar-refractivity contribution < 1.29 is 14.3 Å². The number of nitrogens with zero attached hydrogens (tertiary/aromatic N) is 3. The number of rotatable bonds is 9. The predicted molar refractivity (Wildman–Crippen MR) is 197 cm³/mol. The van der Waals surface area contributed by atoms with Gasteiger partial charge in [-0.05, 0) is 96.2 Å². The van der Waals surface area contributed by atoms with Crippen LogP contribution in [0.15, 0.2) is 127 Å². The molecule has 2 amide bonds. The number of aromatic nitrogens is 4. The highest BCUT2D eigenvalue weighted by atomic mass is 16.5. The fourth-order valence-corrected chi connectivity index (χ4v) is 5.62. The lowest BCUT2D eigenvalue weighted by Crippen LogP contribution is -2.15. The van der Waals surface area contributed by atoms with Gasteiger partial charge in [0.15, 0.2) is 0 Å². The van der Waals surface area contributed by atoms with Crippen LogP contribution in [0.5, 0.6) is 5.88 Å². The monoisotopic (exact) mass is 676 g/mol. The van der Waals surface area contributed by atoms with E-state index in [1.54, 1.807) is 30.6 Å². The first-order valence-electron chi connectivity index (χ1n) is 16.9. The summed E-state index contributed by atoms with van der Waals surface area (Å²) in [5, 5.41) is 5.51. The predicted octanol–water partition coefficient (Wildman–Crippen LogP) is 7.85. The minimum absolute atomic E-state index is 0.243. The first-order chi connectivity index (χ1) is 24.9. The lowest BCUT2D eigenvalue weighted by atomic mass is 10.0. The molecule has 10 nitrogen and oxygen atoms in total. The van der Waals surface area contributed by atoms with Crippen molar-refractivity contribution in [1.82, 2.24) is 19.9 Å². The number of hydrogen-bond acceptors (Lipinski definition) is 7. The van der Waals surface area contributed by atoms with Gasteiger partial charge >= 0.3 is 0 Å². The van der Waals surface area contributed by atoms with Gasteiger partial charge in [-0.3, -0.25) is 14.4 Å². The molecule has 0 atom stereocenters. The number of anilines is 2. The molecule has 2 aliphatic rings. The van der Waals surface area contributed by atoms with E-state index in [4.69, 9.17) is 4.74 Å². The molecule has 0 radical (unpaired) electrons. The Labute approximate surface area is 295 Å². The van der Waals surface area contributed by atoms with Crippen molar-refractivity contribution in [3.05, 3.63) is 154 Å². The second-order valence-electron chi connectivity index (χ2n) is 12.6. The largest absolute Gasteiger partial charge is 0.481 e. The van der Waals surface area contributed by atoms with Gasteiger partial charge in [0.05, 0.1) is 18.2 Å². The number of methoxy groups -OCH3 is 1. The Balaban J connectivity index is 0.000000159. The van der Waals surface area contributed by atoms with Crippen LogP contribution in [-0.2, 0) is 0 Å². The van der Waals surface area contributed by atoms with Crippen LogP contribution in [0.2, 0.25) is 0 Å². The second kappa shape index (κ2) is 15.0. The number of benzene rings is 2. The topological polar surface area (TPSA) is 139 Å². The summed E-state index contributed by atoms with van der Waals surface area (Å²) in [5.41, 5.74) is 7.71. The van der Waals surface area contributed by atoms with E-state index in [-0.39, 0.29) is 17.4 Å². The molecule has 2 saturated carbocycles. The molecule has 8 rings (SSSR count). The van der Waals surface area contributed by atoms with Gasteiger partial charge in [0.2, 0.25) is 11.4 Å². The molecule has 0 bridgehead atoms. The molecule has 2 aliphatic carbocycles. The Kier molecular flexibility index (Phi) is 9.73. The lowest BCUT2D eigenvalue weighted by Gasteiger charge is -2.07. The van der Waals surface area contributed by atoms with Crippen molar-refractivity contribution >= 4 is 23.5 Å². The maximum absolute atomic E-state index is 12.3. The van der Waals surface area contributed by atoms with Gasteiger partial charge in [0.25, 0.3) is 11.8 Å². The normalized spacial score (nSPS) is 13.4. The maximum Gasteiger partial charge on any atom is 0.258 e. The molecule has 51 heavy (non-hydrogen) atoms. The minimum Gasteiger partial charge on any atom is -0.481 e. The van der Waals surface area contributed by atoms with E-state index in [0.717, 1.165) is 28.2 Å². The minimum atomic E-state index is -0.313. The summed E-state index contributed by atoms with van der Waals surface area (Å²) in [6.07, 6.45) is 11.5.